The standard InChI is InChI=1S/C25H16ClN3O3S2/c26-17-10-6-9-16(13-17)22(30)27-29-24(32)21(34-25(29)33)20-18-11-4-5-12-19(18)28(23(20)31)14-15-7-2-1-3-8-15/h1-13H,14H2,(H,27,30)/b21-20-. The van der Waals surface area contributed by atoms with E-state index in [-0.39, 0.29) is 26.3 Å². The number of carbonyl (C=O) groups is 3. The van der Waals surface area contributed by atoms with Gasteiger partial charge in [0.05, 0.1) is 22.7 Å². The third-order valence-electron chi connectivity index (χ3n) is 5.40. The van der Waals surface area contributed by atoms with E-state index in [0.717, 1.165) is 28.0 Å². The van der Waals surface area contributed by atoms with Gasteiger partial charge in [-0.25, -0.2) is 0 Å². The van der Waals surface area contributed by atoms with Gasteiger partial charge in [0.15, 0.2) is 4.32 Å². The van der Waals surface area contributed by atoms with Gasteiger partial charge in [0.2, 0.25) is 0 Å². The minimum Gasteiger partial charge on any atom is -0.303 e. The van der Waals surface area contributed by atoms with E-state index < -0.39 is 11.8 Å². The van der Waals surface area contributed by atoms with Crippen molar-refractivity contribution in [3.8, 4) is 0 Å². The van der Waals surface area contributed by atoms with Crippen molar-refractivity contribution in [1.29, 1.82) is 0 Å². The predicted octanol–water partition coefficient (Wildman–Crippen LogP) is 4.80. The molecular weight excluding hydrogens is 490 g/mol. The normalized spacial score (nSPS) is 17.4. The summed E-state index contributed by atoms with van der Waals surface area (Å²) in [4.78, 5) is 41.3. The molecule has 2 aliphatic heterocycles. The highest BCUT2D eigenvalue weighted by atomic mass is 35.5. The van der Waals surface area contributed by atoms with Crippen LogP contribution in [0, 0.1) is 0 Å². The number of carbonyl (C=O) groups excluding carboxylic acids is 3. The first-order valence-electron chi connectivity index (χ1n) is 10.3. The highest BCUT2D eigenvalue weighted by Gasteiger charge is 2.42. The first-order chi connectivity index (χ1) is 16.4. The van der Waals surface area contributed by atoms with Crippen LogP contribution in [-0.2, 0) is 16.1 Å². The molecule has 0 spiro atoms. The van der Waals surface area contributed by atoms with Crippen LogP contribution in [0.15, 0.2) is 83.8 Å². The Morgan fingerprint density at radius 3 is 2.44 bits per heavy atom. The molecule has 1 N–H and O–H groups in total. The van der Waals surface area contributed by atoms with Crippen LogP contribution >= 0.6 is 35.6 Å². The molecule has 3 aromatic carbocycles. The first-order valence-corrected chi connectivity index (χ1v) is 11.9. The summed E-state index contributed by atoms with van der Waals surface area (Å²) in [6.45, 7) is 0.367. The van der Waals surface area contributed by atoms with Crippen LogP contribution in [0.1, 0.15) is 21.5 Å². The van der Waals surface area contributed by atoms with Crippen LogP contribution in [0.3, 0.4) is 0 Å². The highest BCUT2D eigenvalue weighted by Crippen LogP contribution is 2.44. The van der Waals surface area contributed by atoms with Gasteiger partial charge in [-0.05, 0) is 42.0 Å². The second kappa shape index (κ2) is 9.06. The van der Waals surface area contributed by atoms with Crippen LogP contribution in [0.5, 0.6) is 0 Å². The summed E-state index contributed by atoms with van der Waals surface area (Å²) in [5.41, 5.74) is 5.44. The van der Waals surface area contributed by atoms with Gasteiger partial charge in [0.1, 0.15) is 0 Å². The van der Waals surface area contributed by atoms with Gasteiger partial charge in [0, 0.05) is 16.1 Å². The molecule has 2 heterocycles. The van der Waals surface area contributed by atoms with Crippen molar-refractivity contribution in [2.75, 3.05) is 4.90 Å². The van der Waals surface area contributed by atoms with Crippen LogP contribution in [-0.4, -0.2) is 27.1 Å². The Morgan fingerprint density at radius 2 is 1.68 bits per heavy atom. The van der Waals surface area contributed by atoms with Crippen LogP contribution in [0.2, 0.25) is 5.02 Å². The number of benzene rings is 3. The Morgan fingerprint density at radius 1 is 0.941 bits per heavy atom. The van der Waals surface area contributed by atoms with Crippen LogP contribution < -0.4 is 10.3 Å². The van der Waals surface area contributed by atoms with Crippen molar-refractivity contribution in [3.63, 3.8) is 0 Å². The van der Waals surface area contributed by atoms with E-state index in [4.69, 9.17) is 23.8 Å². The molecular formula is C25H16ClN3O3S2. The lowest BCUT2D eigenvalue weighted by molar-refractivity contribution is -0.124. The summed E-state index contributed by atoms with van der Waals surface area (Å²) in [6.07, 6.45) is 0. The summed E-state index contributed by atoms with van der Waals surface area (Å²) in [5, 5.41) is 1.40. The maximum absolute atomic E-state index is 13.5. The molecule has 0 atom stereocenters. The molecule has 0 radical (unpaired) electrons. The van der Waals surface area contributed by atoms with Crippen LogP contribution in [0.25, 0.3) is 5.57 Å². The van der Waals surface area contributed by atoms with Gasteiger partial charge in [-0.2, -0.15) is 5.01 Å². The van der Waals surface area contributed by atoms with Crippen LogP contribution in [0.4, 0.5) is 5.69 Å². The summed E-state index contributed by atoms with van der Waals surface area (Å²) >= 11 is 12.3. The molecule has 3 amide bonds. The van der Waals surface area contributed by atoms with E-state index in [1.54, 1.807) is 23.1 Å². The molecule has 1 saturated heterocycles. The molecule has 0 bridgehead atoms. The number of halogens is 1. The van der Waals surface area contributed by atoms with Gasteiger partial charge in [-0.1, -0.05) is 78.0 Å². The van der Waals surface area contributed by atoms with Crippen molar-refractivity contribution < 1.29 is 14.4 Å². The number of fused-ring (bicyclic) bond motifs is 1. The lowest BCUT2D eigenvalue weighted by atomic mass is 10.1. The number of anilines is 1. The number of hydrogen-bond acceptors (Lipinski definition) is 5. The molecule has 0 saturated carbocycles. The largest absolute Gasteiger partial charge is 0.303 e. The van der Waals surface area contributed by atoms with Crippen molar-refractivity contribution in [3.05, 3.63) is 105 Å². The zero-order valence-corrected chi connectivity index (χ0v) is 19.9. The average Bonchev–Trinajstić information content (AvgIpc) is 3.27. The van der Waals surface area contributed by atoms with Gasteiger partial charge in [-0.3, -0.25) is 19.8 Å². The third-order valence-corrected chi connectivity index (χ3v) is 7.01. The number of hydrogen-bond donors (Lipinski definition) is 1. The lowest BCUT2D eigenvalue weighted by Gasteiger charge is -2.17. The second-order valence-corrected chi connectivity index (χ2v) is 9.64. The maximum atomic E-state index is 13.5. The van der Waals surface area contributed by atoms with E-state index >= 15 is 0 Å². The fourth-order valence-electron chi connectivity index (χ4n) is 3.83. The molecule has 0 unspecified atom stereocenters. The second-order valence-electron chi connectivity index (χ2n) is 7.56. The van der Waals surface area contributed by atoms with Crippen molar-refractivity contribution in [1.82, 2.24) is 10.4 Å². The first kappa shape index (κ1) is 22.3. The summed E-state index contributed by atoms with van der Waals surface area (Å²) in [6, 6.07) is 23.3. The highest BCUT2D eigenvalue weighted by molar-refractivity contribution is 8.26. The number of thioether (sulfide) groups is 1. The predicted molar refractivity (Wildman–Crippen MR) is 137 cm³/mol. The minimum atomic E-state index is -0.551. The summed E-state index contributed by atoms with van der Waals surface area (Å²) in [5.74, 6) is -1.37. The Hall–Kier alpha value is -3.46. The van der Waals surface area contributed by atoms with E-state index in [1.165, 1.54) is 6.07 Å². The number of hydrazine groups is 1. The van der Waals surface area contributed by atoms with E-state index in [9.17, 15) is 14.4 Å². The number of para-hydroxylation sites is 1. The minimum absolute atomic E-state index is 0.134. The molecule has 0 aliphatic carbocycles. The number of nitrogens with one attached hydrogen (secondary N) is 1. The SMILES string of the molecule is O=C(NN1C(=O)/C(=C2/C(=O)N(Cc3ccccc3)c3ccccc32)SC1=S)c1cccc(Cl)c1. The molecule has 34 heavy (non-hydrogen) atoms. The van der Waals surface area contributed by atoms with Crippen molar-refractivity contribution in [2.45, 2.75) is 6.54 Å². The third kappa shape index (κ3) is 4.00. The van der Waals surface area contributed by atoms with E-state index in [0.29, 0.717) is 17.1 Å². The molecule has 1 fully saturated rings. The van der Waals surface area contributed by atoms with Crippen molar-refractivity contribution in [2.24, 2.45) is 0 Å². The molecule has 6 nitrogen and oxygen atoms in total. The Balaban J connectivity index is 1.48. The molecule has 0 aromatic heterocycles. The van der Waals surface area contributed by atoms with E-state index in [2.05, 4.69) is 5.43 Å². The topological polar surface area (TPSA) is 69.7 Å². The monoisotopic (exact) mass is 505 g/mol. The molecule has 2 aliphatic rings. The van der Waals surface area contributed by atoms with E-state index in [1.807, 2.05) is 54.6 Å². The number of thiocarbonyl (C=S) groups is 1. The quantitative estimate of drug-likeness (QED) is 0.407. The molecule has 3 aromatic rings. The zero-order valence-electron chi connectivity index (χ0n) is 17.5. The fourth-order valence-corrected chi connectivity index (χ4v) is 5.27. The Bertz CT molecular complexity index is 1390. The zero-order chi connectivity index (χ0) is 23.8. The lowest BCUT2D eigenvalue weighted by Crippen LogP contribution is -2.45. The number of nitrogens with zero attached hydrogens (tertiary/aromatic N) is 2. The van der Waals surface area contributed by atoms with Crippen molar-refractivity contribution >= 4 is 68.9 Å². The smallest absolute Gasteiger partial charge is 0.286 e. The Kier molecular flexibility index (Phi) is 5.95. The maximum Gasteiger partial charge on any atom is 0.286 e. The number of amides is 3. The van der Waals surface area contributed by atoms with Gasteiger partial charge in [0.25, 0.3) is 17.7 Å². The number of rotatable bonds is 4. The average molecular weight is 506 g/mol. The van der Waals surface area contributed by atoms with Gasteiger partial charge in [-0.15, -0.1) is 0 Å². The van der Waals surface area contributed by atoms with Gasteiger partial charge < -0.3 is 4.90 Å². The van der Waals surface area contributed by atoms with Gasteiger partial charge >= 0.3 is 0 Å². The fraction of sp³-hybridized carbons (Fsp3) is 0.0400. The Labute approximate surface area is 210 Å². The summed E-state index contributed by atoms with van der Waals surface area (Å²) < 4.78 is 0.134. The summed E-state index contributed by atoms with van der Waals surface area (Å²) in [7, 11) is 0. The molecule has 9 heteroatoms. The molecule has 168 valence electrons. The molecule has 5 rings (SSSR count).